The van der Waals surface area contributed by atoms with Gasteiger partial charge in [-0.3, -0.25) is 19.1 Å². The summed E-state index contributed by atoms with van der Waals surface area (Å²) in [7, 11) is -0.327. The van der Waals surface area contributed by atoms with E-state index in [0.29, 0.717) is 0 Å². The van der Waals surface area contributed by atoms with Gasteiger partial charge < -0.3 is 30.1 Å². The Bertz CT molecular complexity index is 1790. The van der Waals surface area contributed by atoms with Crippen LogP contribution >= 0.6 is 7.82 Å². The molecule has 1 atom stereocenters. The molecule has 1 fully saturated rings. The van der Waals surface area contributed by atoms with E-state index < -0.39 is 41.2 Å². The molecule has 264 valence electrons. The van der Waals surface area contributed by atoms with Crippen LogP contribution in [0.5, 0.6) is 5.75 Å². The first kappa shape index (κ1) is 37.2. The van der Waals surface area contributed by atoms with E-state index >= 15 is 0 Å². The van der Waals surface area contributed by atoms with Crippen LogP contribution < -0.4 is 26.2 Å². The standard InChI is InChI=1S/C33H49N6O8P/c1-19-18-39(11)37-21(19)28(32(8)15-12-13-16-32)36-23-22(25(40)26(23)41)35-20-14-17-34-24(29(42)38(9)10)27(20)46-33(30(2,3)4,31(5,6)7)47-48(43,44)45/h14,17-18,28,36H,12-13,15-16H2,1-11H3,(H,34,35)(H2,43,44,45). The Morgan fingerprint density at radius 2 is 1.62 bits per heavy atom. The van der Waals surface area contributed by atoms with Gasteiger partial charge in [0.05, 0.1) is 17.4 Å². The Labute approximate surface area is 281 Å². The predicted octanol–water partition coefficient (Wildman–Crippen LogP) is 5.18. The topological polar surface area (TPSA) is 185 Å². The molecule has 1 saturated carbocycles. The number of aromatic nitrogens is 3. The monoisotopic (exact) mass is 688 g/mol. The molecule has 1 aromatic carbocycles. The number of aryl methyl sites for hydroxylation is 2. The van der Waals surface area contributed by atoms with Gasteiger partial charge in [-0.25, -0.2) is 14.1 Å². The molecule has 15 heteroatoms. The Balaban J connectivity index is 1.89. The predicted molar refractivity (Wildman–Crippen MR) is 183 cm³/mol. The molecule has 1 unspecified atom stereocenters. The highest BCUT2D eigenvalue weighted by molar-refractivity contribution is 7.46. The Kier molecular flexibility index (Phi) is 9.86. The number of amides is 1. The molecular formula is C33H49N6O8P. The summed E-state index contributed by atoms with van der Waals surface area (Å²) in [6.45, 7) is 14.2. The zero-order valence-electron chi connectivity index (χ0n) is 29.7. The van der Waals surface area contributed by atoms with E-state index in [0.717, 1.165) is 36.9 Å². The average molecular weight is 689 g/mol. The number of nitrogens with zero attached hydrogens (tertiary/aromatic N) is 4. The molecule has 1 aliphatic rings. The minimum atomic E-state index is -5.19. The minimum Gasteiger partial charge on any atom is -0.456 e. The zero-order valence-corrected chi connectivity index (χ0v) is 30.6. The maximum absolute atomic E-state index is 13.5. The second-order valence-electron chi connectivity index (χ2n) is 15.4. The highest BCUT2D eigenvalue weighted by Gasteiger charge is 2.59. The number of hydrogen-bond donors (Lipinski definition) is 4. The van der Waals surface area contributed by atoms with Gasteiger partial charge in [0.1, 0.15) is 11.4 Å². The van der Waals surface area contributed by atoms with Crippen molar-refractivity contribution in [3.05, 3.63) is 55.9 Å². The van der Waals surface area contributed by atoms with Gasteiger partial charge in [0.2, 0.25) is 5.79 Å². The molecular weight excluding hydrogens is 639 g/mol. The molecule has 0 saturated heterocycles. The van der Waals surface area contributed by atoms with Gasteiger partial charge in [0.25, 0.3) is 16.8 Å². The van der Waals surface area contributed by atoms with Crippen molar-refractivity contribution < 1.29 is 28.4 Å². The minimum absolute atomic E-state index is 0.0486. The molecule has 0 aliphatic heterocycles. The molecule has 2 heterocycles. The van der Waals surface area contributed by atoms with Crippen LogP contribution in [0.2, 0.25) is 0 Å². The number of pyridine rings is 1. The van der Waals surface area contributed by atoms with E-state index in [-0.39, 0.29) is 40.0 Å². The lowest BCUT2D eigenvalue weighted by molar-refractivity contribution is -0.255. The lowest BCUT2D eigenvalue weighted by Gasteiger charge is -2.51. The van der Waals surface area contributed by atoms with Crippen molar-refractivity contribution in [2.24, 2.45) is 23.3 Å². The summed E-state index contributed by atoms with van der Waals surface area (Å²) in [5.41, 5.74) is -2.33. The highest BCUT2D eigenvalue weighted by Crippen LogP contribution is 2.57. The van der Waals surface area contributed by atoms with E-state index in [4.69, 9.17) is 14.4 Å². The Hall–Kier alpha value is -3.58. The van der Waals surface area contributed by atoms with Crippen LogP contribution in [0, 0.1) is 23.2 Å². The van der Waals surface area contributed by atoms with E-state index in [9.17, 15) is 28.7 Å². The summed E-state index contributed by atoms with van der Waals surface area (Å²) in [5.74, 6) is -2.84. The molecule has 0 spiro atoms. The Morgan fingerprint density at radius 1 is 1.06 bits per heavy atom. The van der Waals surface area contributed by atoms with E-state index in [1.165, 1.54) is 31.3 Å². The molecule has 4 rings (SSSR count). The van der Waals surface area contributed by atoms with Crippen LogP contribution in [0.15, 0.2) is 28.0 Å². The number of rotatable bonds is 11. The molecule has 48 heavy (non-hydrogen) atoms. The summed E-state index contributed by atoms with van der Waals surface area (Å²) >= 11 is 0. The molecule has 4 N–H and O–H groups in total. The van der Waals surface area contributed by atoms with Gasteiger partial charge in [-0.1, -0.05) is 61.3 Å². The van der Waals surface area contributed by atoms with Gasteiger partial charge >= 0.3 is 7.82 Å². The lowest BCUT2D eigenvalue weighted by Crippen LogP contribution is -2.59. The van der Waals surface area contributed by atoms with Crippen LogP contribution in [0.3, 0.4) is 0 Å². The quantitative estimate of drug-likeness (QED) is 0.118. The first-order valence-corrected chi connectivity index (χ1v) is 17.5. The fourth-order valence-corrected chi connectivity index (χ4v) is 7.85. The molecule has 0 bridgehead atoms. The maximum Gasteiger partial charge on any atom is 0.472 e. The first-order chi connectivity index (χ1) is 21.9. The smallest absolute Gasteiger partial charge is 0.456 e. The molecule has 0 radical (unpaired) electrons. The van der Waals surface area contributed by atoms with Gasteiger partial charge in [-0.05, 0) is 36.8 Å². The van der Waals surface area contributed by atoms with E-state index in [1.807, 2.05) is 20.2 Å². The third-order valence-electron chi connectivity index (χ3n) is 9.21. The lowest BCUT2D eigenvalue weighted by atomic mass is 9.70. The van der Waals surface area contributed by atoms with E-state index in [1.54, 1.807) is 46.2 Å². The number of carbonyl (C=O) groups is 1. The number of anilines is 3. The summed E-state index contributed by atoms with van der Waals surface area (Å²) in [6, 6.07) is 1.07. The van der Waals surface area contributed by atoms with Crippen LogP contribution in [-0.4, -0.2) is 55.2 Å². The van der Waals surface area contributed by atoms with Crippen molar-refractivity contribution in [3.8, 4) is 5.75 Å². The summed E-state index contributed by atoms with van der Waals surface area (Å²) < 4.78 is 26.2. The highest BCUT2D eigenvalue weighted by atomic mass is 31.2. The van der Waals surface area contributed by atoms with Crippen molar-refractivity contribution in [1.82, 2.24) is 19.7 Å². The summed E-state index contributed by atoms with van der Waals surface area (Å²) in [4.78, 5) is 65.6. The second kappa shape index (κ2) is 12.7. The molecule has 2 aromatic heterocycles. The fraction of sp³-hybridized carbons (Fsp3) is 0.606. The van der Waals surface area contributed by atoms with Gasteiger partial charge in [0, 0.05) is 44.4 Å². The summed E-state index contributed by atoms with van der Waals surface area (Å²) in [6.07, 6.45) is 7.10. The molecule has 1 aliphatic carbocycles. The fourth-order valence-electron chi connectivity index (χ4n) is 6.93. The van der Waals surface area contributed by atoms with Crippen LogP contribution in [-0.2, 0) is 16.1 Å². The van der Waals surface area contributed by atoms with E-state index in [2.05, 4.69) is 22.5 Å². The van der Waals surface area contributed by atoms with Crippen molar-refractivity contribution in [2.45, 2.75) is 92.9 Å². The summed E-state index contributed by atoms with van der Waals surface area (Å²) in [5, 5.41) is 11.1. The average Bonchev–Trinajstić information content (AvgIpc) is 3.54. The van der Waals surface area contributed by atoms with Crippen molar-refractivity contribution in [2.75, 3.05) is 24.7 Å². The van der Waals surface area contributed by atoms with Crippen molar-refractivity contribution in [1.29, 1.82) is 0 Å². The third kappa shape index (κ3) is 6.94. The van der Waals surface area contributed by atoms with Crippen LogP contribution in [0.25, 0.3) is 0 Å². The normalized spacial score (nSPS) is 16.2. The number of carbonyl (C=O) groups excluding carboxylic acids is 1. The van der Waals surface area contributed by atoms with Crippen LogP contribution in [0.4, 0.5) is 17.1 Å². The largest absolute Gasteiger partial charge is 0.472 e. The molecule has 14 nitrogen and oxygen atoms in total. The maximum atomic E-state index is 13.5. The second-order valence-corrected chi connectivity index (χ2v) is 16.5. The SMILES string of the molecule is Cc1cn(C)nc1C(Nc1c(Nc2ccnc(C(=O)N(C)C)c2OC(OP(=O)(O)O)(C(C)(C)C)C(C)(C)C)c(=O)c1=O)C1(C)CCCC1. The number of ether oxygens (including phenoxy) is 1. The molecule has 3 aromatic rings. The number of phosphoric acid groups is 1. The third-order valence-corrected chi connectivity index (χ3v) is 9.70. The number of phosphoric ester groups is 1. The van der Waals surface area contributed by atoms with Crippen LogP contribution in [0.1, 0.15) is 102 Å². The molecule has 1 amide bonds. The first-order valence-electron chi connectivity index (χ1n) is 16.0. The van der Waals surface area contributed by atoms with Crippen molar-refractivity contribution >= 4 is 30.8 Å². The number of hydrogen-bond acceptors (Lipinski definition) is 10. The number of nitrogens with one attached hydrogen (secondary N) is 2. The van der Waals surface area contributed by atoms with Gasteiger partial charge in [0.15, 0.2) is 11.4 Å². The van der Waals surface area contributed by atoms with Crippen molar-refractivity contribution in [3.63, 3.8) is 0 Å². The van der Waals surface area contributed by atoms with Gasteiger partial charge in [-0.15, -0.1) is 0 Å². The Morgan fingerprint density at radius 3 is 2.10 bits per heavy atom. The zero-order chi connectivity index (χ0) is 36.2. The van der Waals surface area contributed by atoms with Gasteiger partial charge in [-0.2, -0.15) is 5.10 Å².